The molecule has 1 aliphatic heterocycles. The van der Waals surface area contributed by atoms with E-state index in [0.29, 0.717) is 0 Å². The molecule has 26 heavy (non-hydrogen) atoms. The number of hydrogen-bond acceptors (Lipinski definition) is 8. The number of nitrogens with zero attached hydrogens (tertiary/aromatic N) is 7. The first-order valence-electron chi connectivity index (χ1n) is 8.79. The molecular weight excluding hydrogens is 348 g/mol. The molecule has 3 aromatic rings. The lowest BCUT2D eigenvalue weighted by Crippen LogP contribution is -2.34. The predicted molar refractivity (Wildman–Crippen MR) is 100 cm³/mol. The van der Waals surface area contributed by atoms with E-state index in [1.807, 2.05) is 30.9 Å². The molecule has 0 amide bonds. The summed E-state index contributed by atoms with van der Waals surface area (Å²) in [5.41, 5.74) is 3.98. The maximum absolute atomic E-state index is 4.74. The third-order valence-electron chi connectivity index (χ3n) is 4.70. The van der Waals surface area contributed by atoms with E-state index in [9.17, 15) is 0 Å². The van der Waals surface area contributed by atoms with Gasteiger partial charge in [-0.2, -0.15) is 5.10 Å². The van der Waals surface area contributed by atoms with Crippen LogP contribution in [-0.2, 0) is 13.6 Å². The molecule has 1 saturated heterocycles. The Morgan fingerprint density at radius 1 is 1.31 bits per heavy atom. The van der Waals surface area contributed by atoms with Gasteiger partial charge in [0, 0.05) is 25.9 Å². The molecule has 0 unspecified atom stereocenters. The van der Waals surface area contributed by atoms with Crippen LogP contribution in [0.5, 0.6) is 0 Å². The Balaban J connectivity index is 1.59. The number of hydrogen-bond donors (Lipinski definition) is 1. The van der Waals surface area contributed by atoms with Gasteiger partial charge in [0.1, 0.15) is 17.2 Å². The van der Waals surface area contributed by atoms with Gasteiger partial charge in [0.15, 0.2) is 0 Å². The largest absolute Gasteiger partial charge is 0.315 e. The fourth-order valence-corrected chi connectivity index (χ4v) is 3.89. The van der Waals surface area contributed by atoms with E-state index in [1.165, 1.54) is 29.9 Å². The molecule has 0 aromatic carbocycles. The fraction of sp³-hybridized carbons (Fsp3) is 0.471. The Morgan fingerprint density at radius 2 is 2.23 bits per heavy atom. The Kier molecular flexibility index (Phi) is 4.89. The summed E-state index contributed by atoms with van der Waals surface area (Å²) in [6, 6.07) is 4.41. The average molecular weight is 370 g/mol. The van der Waals surface area contributed by atoms with Gasteiger partial charge in [-0.3, -0.25) is 9.58 Å². The second-order valence-electron chi connectivity index (χ2n) is 6.52. The highest BCUT2D eigenvalue weighted by molar-refractivity contribution is 7.13. The lowest BCUT2D eigenvalue weighted by Gasteiger charge is -2.35. The summed E-state index contributed by atoms with van der Waals surface area (Å²) in [4.78, 5) is 11.7. The first-order valence-corrected chi connectivity index (χ1v) is 9.67. The average Bonchev–Trinajstić information content (AvgIpc) is 3.27. The summed E-state index contributed by atoms with van der Waals surface area (Å²) in [6.45, 7) is 3.88. The van der Waals surface area contributed by atoms with Crippen molar-refractivity contribution < 1.29 is 0 Å². The molecule has 1 fully saturated rings. The van der Waals surface area contributed by atoms with Gasteiger partial charge in [-0.05, 0) is 32.4 Å². The number of aromatic nitrogens is 6. The van der Waals surface area contributed by atoms with Crippen molar-refractivity contribution in [3.8, 4) is 0 Å². The van der Waals surface area contributed by atoms with Crippen molar-refractivity contribution in [2.45, 2.75) is 38.8 Å². The zero-order chi connectivity index (χ0) is 17.9. The van der Waals surface area contributed by atoms with Gasteiger partial charge in [0.05, 0.1) is 17.4 Å². The molecule has 8 nitrogen and oxygen atoms in total. The third-order valence-corrected chi connectivity index (χ3v) is 5.30. The highest BCUT2D eigenvalue weighted by Crippen LogP contribution is 2.32. The zero-order valence-electron chi connectivity index (χ0n) is 15.0. The third kappa shape index (κ3) is 3.73. The summed E-state index contributed by atoms with van der Waals surface area (Å²) in [5, 5.41) is 16.2. The van der Waals surface area contributed by atoms with Crippen LogP contribution in [0.2, 0.25) is 0 Å². The van der Waals surface area contributed by atoms with Gasteiger partial charge in [0.25, 0.3) is 0 Å². The first-order chi connectivity index (χ1) is 12.7. The van der Waals surface area contributed by atoms with E-state index < -0.39 is 0 Å². The monoisotopic (exact) mass is 370 g/mol. The molecule has 1 aliphatic rings. The number of anilines is 2. The van der Waals surface area contributed by atoms with Gasteiger partial charge < -0.3 is 5.32 Å². The molecule has 1 N–H and O–H groups in total. The summed E-state index contributed by atoms with van der Waals surface area (Å²) < 4.78 is 1.94. The second kappa shape index (κ2) is 7.46. The van der Waals surface area contributed by atoms with E-state index in [0.717, 1.165) is 42.0 Å². The second-order valence-corrected chi connectivity index (χ2v) is 7.36. The van der Waals surface area contributed by atoms with Crippen molar-refractivity contribution in [3.63, 3.8) is 0 Å². The number of likely N-dealkylation sites (tertiary alicyclic amines) is 1. The summed E-state index contributed by atoms with van der Waals surface area (Å²) in [5.74, 6) is 1.54. The Bertz CT molecular complexity index is 860. The molecule has 3 aromatic heterocycles. The van der Waals surface area contributed by atoms with Gasteiger partial charge in [-0.1, -0.05) is 17.8 Å². The van der Waals surface area contributed by atoms with E-state index >= 15 is 0 Å². The van der Waals surface area contributed by atoms with Crippen LogP contribution >= 0.6 is 11.3 Å². The SMILES string of the molecule is Cc1nc(Nc2nncs2)cc([C@H]2CCCCN2Cc2ccnn2C)n1. The Morgan fingerprint density at radius 3 is 3.00 bits per heavy atom. The first kappa shape index (κ1) is 17.0. The van der Waals surface area contributed by atoms with Crippen LogP contribution in [0.1, 0.15) is 42.5 Å². The van der Waals surface area contributed by atoms with Gasteiger partial charge in [0.2, 0.25) is 5.13 Å². The highest BCUT2D eigenvalue weighted by Gasteiger charge is 2.26. The van der Waals surface area contributed by atoms with Gasteiger partial charge in [-0.15, -0.1) is 10.2 Å². The van der Waals surface area contributed by atoms with Crippen molar-refractivity contribution in [3.05, 3.63) is 41.1 Å². The van der Waals surface area contributed by atoms with Crippen LogP contribution in [-0.4, -0.2) is 41.4 Å². The van der Waals surface area contributed by atoms with Crippen molar-refractivity contribution >= 4 is 22.3 Å². The smallest absolute Gasteiger partial charge is 0.210 e. The maximum atomic E-state index is 4.74. The van der Waals surface area contributed by atoms with Crippen molar-refractivity contribution in [1.82, 2.24) is 34.8 Å². The number of rotatable bonds is 5. The molecule has 0 radical (unpaired) electrons. The van der Waals surface area contributed by atoms with E-state index in [-0.39, 0.29) is 6.04 Å². The number of nitrogens with one attached hydrogen (secondary N) is 1. The summed E-state index contributed by atoms with van der Waals surface area (Å²) in [6.07, 6.45) is 5.39. The molecule has 136 valence electrons. The van der Waals surface area contributed by atoms with Crippen LogP contribution in [0.25, 0.3) is 0 Å². The van der Waals surface area contributed by atoms with E-state index in [2.05, 4.69) is 36.6 Å². The fourth-order valence-electron chi connectivity index (χ4n) is 3.44. The predicted octanol–water partition coefficient (Wildman–Crippen LogP) is 2.84. The summed E-state index contributed by atoms with van der Waals surface area (Å²) >= 11 is 1.46. The van der Waals surface area contributed by atoms with Gasteiger partial charge in [-0.25, -0.2) is 9.97 Å². The minimum atomic E-state index is 0.287. The normalized spacial score (nSPS) is 18.2. The molecular formula is C17H22N8S. The molecule has 0 saturated carbocycles. The standard InChI is InChI=1S/C17H22N8S/c1-12-20-14(9-16(21-12)22-17-23-18-11-26-17)15-5-3-4-8-25(15)10-13-6-7-19-24(13)2/h6-7,9,11,15H,3-5,8,10H2,1-2H3,(H,20,21,22,23)/t15-/m1/s1. The van der Waals surface area contributed by atoms with E-state index in [4.69, 9.17) is 4.98 Å². The minimum absolute atomic E-state index is 0.287. The molecule has 0 aliphatic carbocycles. The molecule has 0 bridgehead atoms. The quantitative estimate of drug-likeness (QED) is 0.739. The van der Waals surface area contributed by atoms with Gasteiger partial charge >= 0.3 is 0 Å². The number of aryl methyl sites for hydroxylation is 2. The maximum Gasteiger partial charge on any atom is 0.210 e. The zero-order valence-corrected chi connectivity index (χ0v) is 15.8. The van der Waals surface area contributed by atoms with Crippen LogP contribution in [0.3, 0.4) is 0 Å². The van der Waals surface area contributed by atoms with Crippen molar-refractivity contribution in [2.24, 2.45) is 7.05 Å². The molecule has 1 atom stereocenters. The molecule has 4 heterocycles. The molecule has 9 heteroatoms. The van der Waals surface area contributed by atoms with Crippen LogP contribution in [0.15, 0.2) is 23.8 Å². The number of piperidine rings is 1. The summed E-state index contributed by atoms with van der Waals surface area (Å²) in [7, 11) is 1.99. The minimum Gasteiger partial charge on any atom is -0.315 e. The molecule has 4 rings (SSSR count). The topological polar surface area (TPSA) is 84.7 Å². The van der Waals surface area contributed by atoms with E-state index in [1.54, 1.807) is 5.51 Å². The highest BCUT2D eigenvalue weighted by atomic mass is 32.1. The van der Waals surface area contributed by atoms with Crippen LogP contribution in [0.4, 0.5) is 10.9 Å². The lowest BCUT2D eigenvalue weighted by molar-refractivity contribution is 0.133. The Hall–Kier alpha value is -2.39. The lowest BCUT2D eigenvalue weighted by atomic mass is 9.98. The molecule has 0 spiro atoms. The van der Waals surface area contributed by atoms with Crippen LogP contribution < -0.4 is 5.32 Å². The van der Waals surface area contributed by atoms with Crippen molar-refractivity contribution in [2.75, 3.05) is 11.9 Å². The van der Waals surface area contributed by atoms with Crippen molar-refractivity contribution in [1.29, 1.82) is 0 Å². The Labute approximate surface area is 156 Å². The van der Waals surface area contributed by atoms with Crippen LogP contribution in [0, 0.1) is 6.92 Å².